The largest absolute Gasteiger partial charge is 0.507 e. The molecule has 0 bridgehead atoms. The van der Waals surface area contributed by atoms with Gasteiger partial charge in [0, 0.05) is 22.6 Å². The Morgan fingerprint density at radius 1 is 0.538 bits per heavy atom. The van der Waals surface area contributed by atoms with E-state index < -0.39 is 11.7 Å². The van der Waals surface area contributed by atoms with Crippen molar-refractivity contribution in [2.45, 2.75) is 6.18 Å². The lowest BCUT2D eigenvalue weighted by Crippen LogP contribution is -2.03. The van der Waals surface area contributed by atoms with E-state index in [1.54, 1.807) is 48.7 Å². The predicted octanol–water partition coefficient (Wildman–Crippen LogP) is 10.1. The first-order valence-electron chi connectivity index (χ1n) is 11.8. The van der Waals surface area contributed by atoms with E-state index in [2.05, 4.69) is 25.4 Å². The molecule has 192 valence electrons. The highest BCUT2D eigenvalue weighted by Crippen LogP contribution is 2.35. The Morgan fingerprint density at radius 2 is 1.03 bits per heavy atom. The molecule has 0 spiro atoms. The summed E-state index contributed by atoms with van der Waals surface area (Å²) in [4.78, 5) is 4.56. The first kappa shape index (κ1) is 25.5. The normalized spacial score (nSPS) is 12.3. The fourth-order valence-electron chi connectivity index (χ4n) is 3.73. The van der Waals surface area contributed by atoms with Gasteiger partial charge in [-0.2, -0.15) is 28.5 Å². The number of azo groups is 2. The van der Waals surface area contributed by atoms with Crippen LogP contribution in [0, 0.1) is 0 Å². The highest BCUT2D eigenvalue weighted by atomic mass is 19.4. The lowest BCUT2D eigenvalue weighted by Gasteiger charge is -2.05. The first-order valence-corrected chi connectivity index (χ1v) is 11.8. The Kier molecular flexibility index (Phi) is 7.22. The number of hydrogen-bond acceptors (Lipinski definition) is 6. The Hall–Kier alpha value is -5.18. The van der Waals surface area contributed by atoms with Crippen LogP contribution in [0.5, 0.6) is 5.75 Å². The number of halogens is 3. The lowest BCUT2D eigenvalue weighted by atomic mass is 10.1. The Morgan fingerprint density at radius 3 is 1.62 bits per heavy atom. The number of para-hydroxylation sites is 1. The predicted molar refractivity (Wildman–Crippen MR) is 146 cm³/mol. The molecule has 0 aromatic heterocycles. The SMILES string of the molecule is Oc1ccccc1/C=N/c1ccc(/N=N/c2ccc(/N=N/c3ccc(C(F)(F)F)cc3)cc2)c2ccccc12. The van der Waals surface area contributed by atoms with Crippen LogP contribution < -0.4 is 0 Å². The summed E-state index contributed by atoms with van der Waals surface area (Å²) in [6.07, 6.45) is -2.77. The summed E-state index contributed by atoms with van der Waals surface area (Å²) in [5.74, 6) is 0.156. The minimum absolute atomic E-state index is 0.156. The van der Waals surface area contributed by atoms with E-state index in [9.17, 15) is 18.3 Å². The van der Waals surface area contributed by atoms with E-state index in [1.807, 2.05) is 42.5 Å². The molecular formula is C30H20F3N5O. The van der Waals surface area contributed by atoms with Crippen LogP contribution in [0.4, 0.5) is 41.6 Å². The number of aliphatic imine (C=N–C) groups is 1. The molecule has 6 nitrogen and oxygen atoms in total. The molecule has 0 unspecified atom stereocenters. The summed E-state index contributed by atoms with van der Waals surface area (Å²) in [6, 6.07) is 29.6. The Balaban J connectivity index is 1.31. The van der Waals surface area contributed by atoms with Gasteiger partial charge >= 0.3 is 6.18 Å². The van der Waals surface area contributed by atoms with E-state index in [-0.39, 0.29) is 5.75 Å². The van der Waals surface area contributed by atoms with Crippen molar-refractivity contribution in [3.63, 3.8) is 0 Å². The van der Waals surface area contributed by atoms with Gasteiger partial charge in [-0.05, 0) is 72.8 Å². The van der Waals surface area contributed by atoms with Crippen molar-refractivity contribution in [2.75, 3.05) is 0 Å². The molecule has 0 aliphatic rings. The minimum atomic E-state index is -4.39. The number of phenolic OH excluding ortho intramolecular Hbond substituents is 1. The topological polar surface area (TPSA) is 82.0 Å². The monoisotopic (exact) mass is 523 g/mol. The molecule has 5 aromatic rings. The summed E-state index contributed by atoms with van der Waals surface area (Å²) >= 11 is 0. The molecule has 0 fully saturated rings. The molecule has 5 rings (SSSR count). The minimum Gasteiger partial charge on any atom is -0.507 e. The number of aromatic hydroxyl groups is 1. The van der Waals surface area contributed by atoms with Crippen LogP contribution in [-0.2, 0) is 6.18 Å². The van der Waals surface area contributed by atoms with Crippen molar-refractivity contribution in [2.24, 2.45) is 25.4 Å². The Labute approximate surface area is 221 Å². The average molecular weight is 524 g/mol. The van der Waals surface area contributed by atoms with Crippen LogP contribution in [0.3, 0.4) is 0 Å². The molecule has 39 heavy (non-hydrogen) atoms. The zero-order valence-electron chi connectivity index (χ0n) is 20.3. The molecule has 0 atom stereocenters. The summed E-state index contributed by atoms with van der Waals surface area (Å²) in [5, 5.41) is 28.5. The summed E-state index contributed by atoms with van der Waals surface area (Å²) in [7, 11) is 0. The number of phenols is 1. The highest BCUT2D eigenvalue weighted by molar-refractivity contribution is 6.01. The number of rotatable bonds is 6. The van der Waals surface area contributed by atoms with Gasteiger partial charge in [-0.1, -0.05) is 36.4 Å². The molecule has 0 amide bonds. The fourth-order valence-corrected chi connectivity index (χ4v) is 3.73. The molecule has 0 saturated heterocycles. The number of fused-ring (bicyclic) bond motifs is 1. The number of nitrogens with zero attached hydrogens (tertiary/aromatic N) is 5. The maximum Gasteiger partial charge on any atom is 0.416 e. The van der Waals surface area contributed by atoms with Crippen molar-refractivity contribution < 1.29 is 18.3 Å². The molecule has 0 aliphatic heterocycles. The molecular weight excluding hydrogens is 503 g/mol. The van der Waals surface area contributed by atoms with E-state index in [0.717, 1.165) is 28.6 Å². The standard InChI is InChI=1S/C30H20F3N5O/c31-30(32,33)21-9-11-22(12-10-21)35-36-23-13-15-24(16-14-23)37-38-28-18-17-27(25-6-2-3-7-26(25)28)34-19-20-5-1-4-8-29(20)39/h1-19,39H/b34-19+,36-35+,38-37+. The molecule has 5 aromatic carbocycles. The van der Waals surface area contributed by atoms with Crippen molar-refractivity contribution in [1.82, 2.24) is 0 Å². The highest BCUT2D eigenvalue weighted by Gasteiger charge is 2.29. The van der Waals surface area contributed by atoms with Crippen LogP contribution in [0.15, 0.2) is 135 Å². The third-order valence-corrected chi connectivity index (χ3v) is 5.76. The Bertz CT molecular complexity index is 1690. The van der Waals surface area contributed by atoms with Crippen molar-refractivity contribution >= 4 is 45.4 Å². The maximum atomic E-state index is 12.7. The van der Waals surface area contributed by atoms with Gasteiger partial charge in [-0.25, -0.2) is 0 Å². The average Bonchev–Trinajstić information content (AvgIpc) is 2.95. The third-order valence-electron chi connectivity index (χ3n) is 5.76. The van der Waals surface area contributed by atoms with Crippen LogP contribution in [0.25, 0.3) is 10.8 Å². The van der Waals surface area contributed by atoms with Gasteiger partial charge in [-0.15, -0.1) is 5.11 Å². The molecule has 0 heterocycles. The van der Waals surface area contributed by atoms with Gasteiger partial charge < -0.3 is 5.11 Å². The summed E-state index contributed by atoms with van der Waals surface area (Å²) in [6.45, 7) is 0. The molecule has 0 radical (unpaired) electrons. The van der Waals surface area contributed by atoms with E-state index >= 15 is 0 Å². The van der Waals surface area contributed by atoms with Crippen LogP contribution in [0.1, 0.15) is 11.1 Å². The quantitative estimate of drug-likeness (QED) is 0.174. The lowest BCUT2D eigenvalue weighted by molar-refractivity contribution is -0.137. The van der Waals surface area contributed by atoms with E-state index in [4.69, 9.17) is 0 Å². The molecule has 1 N–H and O–H groups in total. The molecule has 9 heteroatoms. The van der Waals surface area contributed by atoms with Gasteiger partial charge in [0.2, 0.25) is 0 Å². The smallest absolute Gasteiger partial charge is 0.416 e. The van der Waals surface area contributed by atoms with Gasteiger partial charge in [0.05, 0.1) is 34.0 Å². The van der Waals surface area contributed by atoms with Gasteiger partial charge in [0.1, 0.15) is 5.75 Å². The van der Waals surface area contributed by atoms with Gasteiger partial charge in [0.25, 0.3) is 0 Å². The second-order valence-corrected chi connectivity index (χ2v) is 8.43. The number of alkyl halides is 3. The third kappa shape index (κ3) is 6.22. The second kappa shape index (κ2) is 11.1. The number of benzene rings is 5. The first-order chi connectivity index (χ1) is 18.9. The zero-order valence-corrected chi connectivity index (χ0v) is 20.3. The summed E-state index contributed by atoms with van der Waals surface area (Å²) in [5.41, 5.74) is 2.70. The van der Waals surface area contributed by atoms with E-state index in [1.165, 1.54) is 12.1 Å². The maximum absolute atomic E-state index is 12.7. The van der Waals surface area contributed by atoms with Gasteiger partial charge in [0.15, 0.2) is 0 Å². The van der Waals surface area contributed by atoms with Crippen molar-refractivity contribution in [3.05, 3.63) is 120 Å². The van der Waals surface area contributed by atoms with Crippen molar-refractivity contribution in [3.8, 4) is 5.75 Å². The van der Waals surface area contributed by atoms with E-state index in [0.29, 0.717) is 28.3 Å². The van der Waals surface area contributed by atoms with Crippen molar-refractivity contribution in [1.29, 1.82) is 0 Å². The van der Waals surface area contributed by atoms with Crippen LogP contribution >= 0.6 is 0 Å². The molecule has 0 aliphatic carbocycles. The number of hydrogen-bond donors (Lipinski definition) is 1. The molecule has 0 saturated carbocycles. The second-order valence-electron chi connectivity index (χ2n) is 8.43. The summed E-state index contributed by atoms with van der Waals surface area (Å²) < 4.78 is 38.1. The zero-order chi connectivity index (χ0) is 27.2. The fraction of sp³-hybridized carbons (Fsp3) is 0.0333. The van der Waals surface area contributed by atoms with Crippen LogP contribution in [-0.4, -0.2) is 11.3 Å². The van der Waals surface area contributed by atoms with Gasteiger partial charge in [-0.3, -0.25) is 4.99 Å². The van der Waals surface area contributed by atoms with Crippen LogP contribution in [0.2, 0.25) is 0 Å².